The predicted molar refractivity (Wildman–Crippen MR) is 76.5 cm³/mol. The summed E-state index contributed by atoms with van der Waals surface area (Å²) in [7, 11) is -1.03. The molecule has 2 nitrogen and oxygen atoms in total. The number of fused-ring (bicyclic) bond motifs is 1. The number of rotatable bonds is 2. The minimum Gasteiger partial charge on any atom is -0.535 e. The molecule has 0 fully saturated rings. The molecule has 0 spiro atoms. The van der Waals surface area contributed by atoms with Crippen molar-refractivity contribution in [3.05, 3.63) is 29.8 Å². The van der Waals surface area contributed by atoms with Crippen molar-refractivity contribution in [1.29, 1.82) is 0 Å². The fraction of sp³-hybridized carbons (Fsp3) is 0.429. The summed E-state index contributed by atoms with van der Waals surface area (Å²) in [6.07, 6.45) is 0. The number of H-pyrrole nitrogens is 1. The van der Waals surface area contributed by atoms with Crippen molar-refractivity contribution in [3.63, 3.8) is 0 Å². The first-order valence-corrected chi connectivity index (χ1v) is 8.94. The molecule has 2 rings (SSSR count). The zero-order chi connectivity index (χ0) is 12.6. The van der Waals surface area contributed by atoms with Crippen LogP contribution in [0, 0.1) is 0 Å². The Labute approximate surface area is 105 Å². The van der Waals surface area contributed by atoms with Gasteiger partial charge in [0.25, 0.3) is 0 Å². The van der Waals surface area contributed by atoms with Gasteiger partial charge in [-0.2, -0.15) is 0 Å². The molecule has 0 bridgehead atoms. The molecule has 0 saturated carbocycles. The zero-order valence-corrected chi connectivity index (χ0v) is 12.4. The van der Waals surface area contributed by atoms with Gasteiger partial charge in [-0.25, -0.2) is 0 Å². The van der Waals surface area contributed by atoms with Crippen LogP contribution in [0.25, 0.3) is 10.9 Å². The fourth-order valence-corrected chi connectivity index (χ4v) is 2.52. The SMILES string of the molecule is C[SiH](C)Oc1cc2ccc(C(C)(C)C)cc2[nH]1. The van der Waals surface area contributed by atoms with Gasteiger partial charge < -0.3 is 9.41 Å². The molecule has 1 heterocycles. The third-order valence-electron chi connectivity index (χ3n) is 2.83. The van der Waals surface area contributed by atoms with Gasteiger partial charge >= 0.3 is 0 Å². The third-order valence-corrected chi connectivity index (χ3v) is 3.55. The van der Waals surface area contributed by atoms with Crippen LogP contribution in [0.4, 0.5) is 0 Å². The maximum absolute atomic E-state index is 5.81. The van der Waals surface area contributed by atoms with Gasteiger partial charge in [0.15, 0.2) is 5.88 Å². The summed E-state index contributed by atoms with van der Waals surface area (Å²) in [6.45, 7) is 11.0. The highest BCUT2D eigenvalue weighted by Gasteiger charge is 2.14. The maximum Gasteiger partial charge on any atom is 0.231 e. The topological polar surface area (TPSA) is 25.0 Å². The lowest BCUT2D eigenvalue weighted by atomic mass is 9.87. The molecule has 0 unspecified atom stereocenters. The van der Waals surface area contributed by atoms with Gasteiger partial charge in [-0.15, -0.1) is 0 Å². The number of aromatic nitrogens is 1. The Balaban J connectivity index is 2.41. The molecule has 0 saturated heterocycles. The molecule has 0 aliphatic carbocycles. The lowest BCUT2D eigenvalue weighted by Crippen LogP contribution is -2.11. The summed E-state index contributed by atoms with van der Waals surface area (Å²) in [5.41, 5.74) is 2.70. The highest BCUT2D eigenvalue weighted by Crippen LogP contribution is 2.28. The number of hydrogen-bond acceptors (Lipinski definition) is 1. The summed E-state index contributed by atoms with van der Waals surface area (Å²) in [5, 5.41) is 1.22. The van der Waals surface area contributed by atoms with Gasteiger partial charge in [0.2, 0.25) is 9.04 Å². The average molecular weight is 247 g/mol. The molecule has 2 aromatic rings. The molecule has 0 aliphatic rings. The Bertz CT molecular complexity index is 522. The van der Waals surface area contributed by atoms with E-state index in [1.54, 1.807) is 0 Å². The molecule has 1 N–H and O–H groups in total. The Morgan fingerprint density at radius 1 is 1.12 bits per heavy atom. The maximum atomic E-state index is 5.81. The average Bonchev–Trinajstić information content (AvgIpc) is 2.55. The van der Waals surface area contributed by atoms with E-state index < -0.39 is 9.04 Å². The first kappa shape index (κ1) is 12.2. The minimum absolute atomic E-state index is 0.188. The molecular weight excluding hydrogens is 226 g/mol. The third kappa shape index (κ3) is 2.72. The van der Waals surface area contributed by atoms with E-state index in [0.717, 1.165) is 5.88 Å². The van der Waals surface area contributed by atoms with Gasteiger partial charge in [-0.05, 0) is 30.1 Å². The molecule has 92 valence electrons. The Hall–Kier alpha value is -1.22. The van der Waals surface area contributed by atoms with Crippen molar-refractivity contribution >= 4 is 19.9 Å². The van der Waals surface area contributed by atoms with Crippen molar-refractivity contribution in [3.8, 4) is 5.88 Å². The van der Waals surface area contributed by atoms with E-state index in [9.17, 15) is 0 Å². The normalized spacial score (nSPS) is 12.4. The smallest absolute Gasteiger partial charge is 0.231 e. The predicted octanol–water partition coefficient (Wildman–Crippen LogP) is 3.83. The summed E-state index contributed by atoms with van der Waals surface area (Å²) in [5.74, 6) is 0.910. The number of nitrogens with one attached hydrogen (secondary N) is 1. The first-order chi connectivity index (χ1) is 7.86. The van der Waals surface area contributed by atoms with E-state index in [2.05, 4.69) is 63.1 Å². The molecule has 17 heavy (non-hydrogen) atoms. The van der Waals surface area contributed by atoms with Crippen molar-refractivity contribution in [2.45, 2.75) is 39.3 Å². The Kier molecular flexibility index (Phi) is 3.04. The summed E-state index contributed by atoms with van der Waals surface area (Å²) in [4.78, 5) is 3.35. The van der Waals surface area contributed by atoms with Crippen LogP contribution in [-0.4, -0.2) is 14.0 Å². The molecular formula is C14H21NOSi. The fourth-order valence-electron chi connectivity index (χ4n) is 1.88. The van der Waals surface area contributed by atoms with Crippen LogP contribution >= 0.6 is 0 Å². The van der Waals surface area contributed by atoms with E-state index in [0.29, 0.717) is 0 Å². The molecule has 0 radical (unpaired) electrons. The summed E-state index contributed by atoms with van der Waals surface area (Å²) < 4.78 is 5.81. The lowest BCUT2D eigenvalue weighted by Gasteiger charge is -2.18. The number of hydrogen-bond donors (Lipinski definition) is 1. The largest absolute Gasteiger partial charge is 0.535 e. The molecule has 0 aliphatic heterocycles. The number of aromatic amines is 1. The van der Waals surface area contributed by atoms with E-state index in [1.165, 1.54) is 16.5 Å². The minimum atomic E-state index is -1.03. The molecule has 1 aromatic heterocycles. The van der Waals surface area contributed by atoms with Gasteiger partial charge in [-0.3, -0.25) is 0 Å². The van der Waals surface area contributed by atoms with Crippen LogP contribution in [0.15, 0.2) is 24.3 Å². The van der Waals surface area contributed by atoms with Crippen LogP contribution in [0.2, 0.25) is 13.1 Å². The van der Waals surface area contributed by atoms with Crippen LogP contribution in [-0.2, 0) is 5.41 Å². The van der Waals surface area contributed by atoms with E-state index in [1.807, 2.05) is 0 Å². The summed E-state index contributed by atoms with van der Waals surface area (Å²) >= 11 is 0. The van der Waals surface area contributed by atoms with Crippen molar-refractivity contribution in [2.75, 3.05) is 0 Å². The van der Waals surface area contributed by atoms with E-state index in [-0.39, 0.29) is 5.41 Å². The molecule has 3 heteroatoms. The number of benzene rings is 1. The van der Waals surface area contributed by atoms with E-state index >= 15 is 0 Å². The summed E-state index contributed by atoms with van der Waals surface area (Å²) in [6, 6.07) is 8.69. The van der Waals surface area contributed by atoms with Crippen LogP contribution in [0.5, 0.6) is 5.88 Å². The second-order valence-corrected chi connectivity index (χ2v) is 8.19. The first-order valence-electron chi connectivity index (χ1n) is 6.16. The van der Waals surface area contributed by atoms with Crippen LogP contribution in [0.1, 0.15) is 26.3 Å². The second-order valence-electron chi connectivity index (χ2n) is 5.85. The molecule has 1 aromatic carbocycles. The molecule has 0 amide bonds. The van der Waals surface area contributed by atoms with Crippen molar-refractivity contribution < 1.29 is 4.43 Å². The highest BCUT2D eigenvalue weighted by atomic mass is 28.3. The van der Waals surface area contributed by atoms with Gasteiger partial charge in [0.1, 0.15) is 0 Å². The zero-order valence-electron chi connectivity index (χ0n) is 11.3. The molecule has 0 atom stereocenters. The van der Waals surface area contributed by atoms with Crippen LogP contribution < -0.4 is 4.43 Å². The quantitative estimate of drug-likeness (QED) is 0.802. The van der Waals surface area contributed by atoms with E-state index in [4.69, 9.17) is 4.43 Å². The Morgan fingerprint density at radius 3 is 2.41 bits per heavy atom. The van der Waals surface area contributed by atoms with Crippen molar-refractivity contribution in [2.24, 2.45) is 0 Å². The van der Waals surface area contributed by atoms with Crippen molar-refractivity contribution in [1.82, 2.24) is 4.98 Å². The van der Waals surface area contributed by atoms with Gasteiger partial charge in [0.05, 0.1) is 0 Å². The van der Waals surface area contributed by atoms with Crippen LogP contribution in [0.3, 0.4) is 0 Å². The standard InChI is InChI=1S/C14H21NOSi/c1-14(2,3)11-7-6-10-8-13(16-17(4)5)15-12(10)9-11/h6-9,15,17H,1-5H3. The van der Waals surface area contributed by atoms with Gasteiger partial charge in [-0.1, -0.05) is 32.9 Å². The second kappa shape index (κ2) is 4.22. The Morgan fingerprint density at radius 2 is 1.82 bits per heavy atom. The monoisotopic (exact) mass is 247 g/mol. The van der Waals surface area contributed by atoms with Gasteiger partial charge in [0, 0.05) is 17.0 Å². The lowest BCUT2D eigenvalue weighted by molar-refractivity contribution is 0.561. The highest BCUT2D eigenvalue weighted by molar-refractivity contribution is 6.49.